The standard InChI is InChI=1S/C16H13N2O/c19-16-14-10-12-8-4-5-9-13(12)18(14)17-15(16)11-6-2-1-3-7-11/h1-9,16,19H,10H2/q+1. The maximum Gasteiger partial charge on any atom is 0.241 e. The zero-order valence-electron chi connectivity index (χ0n) is 10.3. The molecule has 19 heavy (non-hydrogen) atoms. The first-order chi connectivity index (χ1) is 9.34. The molecule has 0 aliphatic carbocycles. The van der Waals surface area contributed by atoms with Crippen molar-refractivity contribution in [3.8, 4) is 0 Å². The molecular weight excluding hydrogens is 236 g/mol. The van der Waals surface area contributed by atoms with E-state index in [9.17, 15) is 5.11 Å². The van der Waals surface area contributed by atoms with Gasteiger partial charge in [-0.15, -0.1) is 0 Å². The van der Waals surface area contributed by atoms with E-state index < -0.39 is 6.10 Å². The summed E-state index contributed by atoms with van der Waals surface area (Å²) in [5.41, 5.74) is 4.99. The van der Waals surface area contributed by atoms with Crippen LogP contribution >= 0.6 is 0 Å². The number of aliphatic hydroxyl groups excluding tert-OH is 1. The van der Waals surface area contributed by atoms with Crippen LogP contribution in [0.2, 0.25) is 0 Å². The number of para-hydroxylation sites is 1. The van der Waals surface area contributed by atoms with E-state index >= 15 is 0 Å². The Morgan fingerprint density at radius 2 is 1.74 bits per heavy atom. The molecule has 0 radical (unpaired) electrons. The van der Waals surface area contributed by atoms with Crippen molar-refractivity contribution in [1.82, 2.24) is 0 Å². The van der Waals surface area contributed by atoms with Crippen molar-refractivity contribution in [2.75, 3.05) is 0 Å². The normalized spacial score (nSPS) is 20.3. The van der Waals surface area contributed by atoms with Gasteiger partial charge in [0, 0.05) is 22.3 Å². The van der Waals surface area contributed by atoms with Crippen LogP contribution in [0, 0.1) is 0 Å². The van der Waals surface area contributed by atoms with E-state index in [2.05, 4.69) is 11.2 Å². The molecule has 2 aliphatic rings. The molecule has 3 nitrogen and oxygen atoms in total. The van der Waals surface area contributed by atoms with Crippen molar-refractivity contribution >= 4 is 17.1 Å². The van der Waals surface area contributed by atoms with Gasteiger partial charge in [0.15, 0.2) is 11.8 Å². The number of hydrogen-bond donors (Lipinski definition) is 1. The topological polar surface area (TPSA) is 35.6 Å². The molecule has 0 aromatic heterocycles. The van der Waals surface area contributed by atoms with Gasteiger partial charge in [0.25, 0.3) is 0 Å². The Balaban J connectivity index is 1.82. The van der Waals surface area contributed by atoms with Gasteiger partial charge in [0.1, 0.15) is 0 Å². The number of aliphatic hydroxyl groups is 1. The van der Waals surface area contributed by atoms with Gasteiger partial charge < -0.3 is 5.11 Å². The Hall–Kier alpha value is -2.26. The van der Waals surface area contributed by atoms with E-state index in [0.717, 1.165) is 29.1 Å². The quantitative estimate of drug-likeness (QED) is 0.772. The predicted octanol–water partition coefficient (Wildman–Crippen LogP) is 2.11. The fraction of sp³-hybridized carbons (Fsp3) is 0.125. The first kappa shape index (κ1) is 10.6. The summed E-state index contributed by atoms with van der Waals surface area (Å²) in [7, 11) is 0. The molecule has 2 heterocycles. The first-order valence-corrected chi connectivity index (χ1v) is 6.40. The molecule has 0 amide bonds. The van der Waals surface area contributed by atoms with Crippen molar-refractivity contribution in [3.63, 3.8) is 0 Å². The maximum absolute atomic E-state index is 10.5. The van der Waals surface area contributed by atoms with Crippen LogP contribution < -0.4 is 0 Å². The highest BCUT2D eigenvalue weighted by atomic mass is 16.3. The summed E-state index contributed by atoms with van der Waals surface area (Å²) in [6.07, 6.45) is 0.173. The highest BCUT2D eigenvalue weighted by Crippen LogP contribution is 2.31. The van der Waals surface area contributed by atoms with Gasteiger partial charge in [0.2, 0.25) is 11.4 Å². The molecule has 0 bridgehead atoms. The third-order valence-electron chi connectivity index (χ3n) is 3.72. The molecule has 92 valence electrons. The molecule has 0 saturated heterocycles. The molecule has 1 unspecified atom stereocenters. The largest absolute Gasteiger partial charge is 0.376 e. The summed E-state index contributed by atoms with van der Waals surface area (Å²) < 4.78 is 1.89. The highest BCUT2D eigenvalue weighted by molar-refractivity contribution is 6.18. The lowest BCUT2D eigenvalue weighted by atomic mass is 9.99. The number of hydrogen-bond acceptors (Lipinski definition) is 2. The average molecular weight is 249 g/mol. The highest BCUT2D eigenvalue weighted by Gasteiger charge is 2.43. The Bertz CT molecular complexity index is 717. The van der Waals surface area contributed by atoms with Crippen LogP contribution in [0.4, 0.5) is 5.69 Å². The van der Waals surface area contributed by atoms with Crippen LogP contribution in [0.15, 0.2) is 59.7 Å². The van der Waals surface area contributed by atoms with Crippen molar-refractivity contribution in [3.05, 3.63) is 65.7 Å². The van der Waals surface area contributed by atoms with E-state index in [1.165, 1.54) is 5.56 Å². The van der Waals surface area contributed by atoms with Crippen LogP contribution in [0.25, 0.3) is 0 Å². The second-order valence-corrected chi connectivity index (χ2v) is 4.86. The van der Waals surface area contributed by atoms with Gasteiger partial charge in [-0.1, -0.05) is 48.5 Å². The van der Waals surface area contributed by atoms with Crippen LogP contribution in [-0.2, 0) is 6.42 Å². The lowest BCUT2D eigenvalue weighted by molar-refractivity contribution is -0.439. The van der Waals surface area contributed by atoms with Gasteiger partial charge in [-0.25, -0.2) is 0 Å². The Labute approximate surface area is 111 Å². The second kappa shape index (κ2) is 3.87. The van der Waals surface area contributed by atoms with Crippen molar-refractivity contribution in [2.45, 2.75) is 12.5 Å². The molecule has 4 rings (SSSR count). The molecule has 1 N–H and O–H groups in total. The number of hydrazone groups is 1. The first-order valence-electron chi connectivity index (χ1n) is 6.40. The summed E-state index contributed by atoms with van der Waals surface area (Å²) >= 11 is 0. The molecular formula is C16H13N2O+. The summed E-state index contributed by atoms with van der Waals surface area (Å²) in [6.45, 7) is 0. The minimum atomic E-state index is -0.602. The number of benzene rings is 2. The monoisotopic (exact) mass is 249 g/mol. The van der Waals surface area contributed by atoms with Crippen molar-refractivity contribution < 1.29 is 9.79 Å². The Kier molecular flexibility index (Phi) is 2.17. The Morgan fingerprint density at radius 1 is 1.00 bits per heavy atom. The summed E-state index contributed by atoms with van der Waals surface area (Å²) in [6, 6.07) is 18.0. The lowest BCUT2D eigenvalue weighted by Crippen LogP contribution is -2.28. The molecule has 2 aliphatic heterocycles. The van der Waals surface area contributed by atoms with E-state index in [1.807, 2.05) is 53.2 Å². The third kappa shape index (κ3) is 1.48. The minimum absolute atomic E-state index is 0.602. The van der Waals surface area contributed by atoms with Crippen molar-refractivity contribution in [2.24, 2.45) is 5.10 Å². The summed E-state index contributed by atoms with van der Waals surface area (Å²) in [4.78, 5) is 0. The Morgan fingerprint density at radius 3 is 2.58 bits per heavy atom. The van der Waals surface area contributed by atoms with Gasteiger partial charge in [0.05, 0.1) is 6.42 Å². The molecule has 0 saturated carbocycles. The van der Waals surface area contributed by atoms with Gasteiger partial charge in [-0.2, -0.15) is 0 Å². The molecule has 1 atom stereocenters. The van der Waals surface area contributed by atoms with Crippen LogP contribution in [0.3, 0.4) is 0 Å². The van der Waals surface area contributed by atoms with Gasteiger partial charge in [-0.05, 0) is 4.68 Å². The summed E-state index contributed by atoms with van der Waals surface area (Å²) in [5, 5.41) is 15.1. The van der Waals surface area contributed by atoms with Crippen LogP contribution in [0.5, 0.6) is 0 Å². The molecule has 0 spiro atoms. The zero-order chi connectivity index (χ0) is 12.8. The molecule has 3 heteroatoms. The van der Waals surface area contributed by atoms with E-state index in [1.54, 1.807) is 0 Å². The zero-order valence-corrected chi connectivity index (χ0v) is 10.3. The second-order valence-electron chi connectivity index (χ2n) is 4.86. The lowest BCUT2D eigenvalue weighted by Gasteiger charge is -2.03. The maximum atomic E-state index is 10.5. The van der Waals surface area contributed by atoms with Crippen molar-refractivity contribution in [1.29, 1.82) is 0 Å². The number of fused-ring (bicyclic) bond motifs is 2. The van der Waals surface area contributed by atoms with E-state index in [4.69, 9.17) is 0 Å². The molecule has 2 aromatic carbocycles. The number of nitrogens with zero attached hydrogens (tertiary/aromatic N) is 2. The van der Waals surface area contributed by atoms with Gasteiger partial charge in [-0.3, -0.25) is 0 Å². The number of rotatable bonds is 1. The minimum Gasteiger partial charge on any atom is -0.376 e. The van der Waals surface area contributed by atoms with Crippen LogP contribution in [0.1, 0.15) is 11.1 Å². The average Bonchev–Trinajstić information content (AvgIpc) is 2.98. The molecule has 2 aromatic rings. The fourth-order valence-corrected chi connectivity index (χ4v) is 2.77. The smallest absolute Gasteiger partial charge is 0.241 e. The summed E-state index contributed by atoms with van der Waals surface area (Å²) in [5.74, 6) is 0. The molecule has 0 fully saturated rings. The predicted molar refractivity (Wildman–Crippen MR) is 74.1 cm³/mol. The van der Waals surface area contributed by atoms with E-state index in [-0.39, 0.29) is 0 Å². The van der Waals surface area contributed by atoms with Gasteiger partial charge >= 0.3 is 0 Å². The third-order valence-corrected chi connectivity index (χ3v) is 3.72. The van der Waals surface area contributed by atoms with E-state index in [0.29, 0.717) is 0 Å². The fourth-order valence-electron chi connectivity index (χ4n) is 2.77. The van der Waals surface area contributed by atoms with Crippen LogP contribution in [-0.4, -0.2) is 27.3 Å². The SMILES string of the molecule is OC1C(c2ccccc2)=N[N+]2=C1Cc1ccccc12.